The molecule has 0 saturated carbocycles. The van der Waals surface area contributed by atoms with E-state index >= 15 is 0 Å². The summed E-state index contributed by atoms with van der Waals surface area (Å²) in [6, 6.07) is -1.47. The predicted octanol–water partition coefficient (Wildman–Crippen LogP) is -2.37. The first-order valence-corrected chi connectivity index (χ1v) is 8.25. The molecule has 0 aromatic carbocycles. The van der Waals surface area contributed by atoms with Crippen LogP contribution >= 0.6 is 15.2 Å². The van der Waals surface area contributed by atoms with E-state index in [1.807, 2.05) is 0 Å². The Morgan fingerprint density at radius 1 is 1.17 bits per heavy atom. The van der Waals surface area contributed by atoms with E-state index < -0.39 is 52.0 Å². The van der Waals surface area contributed by atoms with Gasteiger partial charge in [0.25, 0.3) is 0 Å². The van der Waals surface area contributed by atoms with E-state index in [0.717, 1.165) is 0 Å². The van der Waals surface area contributed by atoms with Crippen LogP contribution in [0.15, 0.2) is 0 Å². The van der Waals surface area contributed by atoms with E-state index in [-0.39, 0.29) is 0 Å². The Kier molecular flexibility index (Phi) is 4.32. The van der Waals surface area contributed by atoms with Gasteiger partial charge in [-0.3, -0.25) is 18.7 Å². The van der Waals surface area contributed by atoms with E-state index in [2.05, 4.69) is 5.32 Å². The van der Waals surface area contributed by atoms with Crippen molar-refractivity contribution in [3.05, 3.63) is 0 Å². The standard InChI is InChI=1S/C6H12N2O8P2/c9-5-1-8(3-18(14,15)16)6(10)4(7-5)2-17(11,12)13/h4H,1-3H2,(H,7,9)(H2,11,12,13)(H2,14,15,16). The molecule has 104 valence electrons. The molecule has 1 heterocycles. The summed E-state index contributed by atoms with van der Waals surface area (Å²) in [5.74, 6) is -1.66. The minimum absolute atomic E-state index is 0.554. The van der Waals surface area contributed by atoms with E-state index in [4.69, 9.17) is 19.6 Å². The Morgan fingerprint density at radius 2 is 1.72 bits per heavy atom. The maximum atomic E-state index is 11.7. The fourth-order valence-corrected chi connectivity index (χ4v) is 2.88. The summed E-state index contributed by atoms with van der Waals surface area (Å²) in [5, 5.41) is 2.06. The monoisotopic (exact) mass is 302 g/mol. The molecule has 0 aromatic rings. The Bertz CT molecular complexity index is 415. The number of carbonyl (C=O) groups excluding carboxylic acids is 2. The van der Waals surface area contributed by atoms with E-state index in [1.54, 1.807) is 0 Å². The van der Waals surface area contributed by atoms with Crippen LogP contribution in [0.5, 0.6) is 0 Å². The van der Waals surface area contributed by atoms with Gasteiger partial charge < -0.3 is 29.8 Å². The molecule has 1 aliphatic rings. The molecule has 10 nitrogen and oxygen atoms in total. The minimum atomic E-state index is -4.54. The topological polar surface area (TPSA) is 164 Å². The average molecular weight is 302 g/mol. The lowest BCUT2D eigenvalue weighted by molar-refractivity contribution is -0.142. The van der Waals surface area contributed by atoms with Crippen molar-refractivity contribution in [2.45, 2.75) is 6.04 Å². The lowest BCUT2D eigenvalue weighted by atomic mass is 10.2. The fourth-order valence-electron chi connectivity index (χ4n) is 1.48. The third-order valence-corrected chi connectivity index (χ3v) is 3.61. The minimum Gasteiger partial charge on any atom is -0.342 e. The Balaban J connectivity index is 2.83. The first-order valence-electron chi connectivity index (χ1n) is 4.65. The van der Waals surface area contributed by atoms with Crippen molar-refractivity contribution < 1.29 is 38.3 Å². The van der Waals surface area contributed by atoms with Gasteiger partial charge in [0.2, 0.25) is 11.8 Å². The van der Waals surface area contributed by atoms with Gasteiger partial charge in [0.05, 0.1) is 6.16 Å². The first-order chi connectivity index (χ1) is 7.98. The molecule has 0 aromatic heterocycles. The van der Waals surface area contributed by atoms with Crippen molar-refractivity contribution in [3.63, 3.8) is 0 Å². The highest BCUT2D eigenvalue weighted by atomic mass is 31.2. The van der Waals surface area contributed by atoms with Crippen LogP contribution in [0.2, 0.25) is 0 Å². The van der Waals surface area contributed by atoms with Crippen LogP contribution in [0.3, 0.4) is 0 Å². The summed E-state index contributed by atoms with van der Waals surface area (Å²) < 4.78 is 21.5. The van der Waals surface area contributed by atoms with Crippen LogP contribution in [-0.4, -0.2) is 61.3 Å². The number of piperazine rings is 1. The molecular formula is C6H12N2O8P2. The Hall–Kier alpha value is -0.760. The molecule has 0 aliphatic carbocycles. The van der Waals surface area contributed by atoms with Crippen LogP contribution in [0.1, 0.15) is 0 Å². The quantitative estimate of drug-likeness (QED) is 0.359. The molecule has 5 N–H and O–H groups in total. The zero-order valence-electron chi connectivity index (χ0n) is 8.96. The van der Waals surface area contributed by atoms with Gasteiger partial charge in [0.15, 0.2) is 0 Å². The molecule has 1 aliphatic heterocycles. The predicted molar refractivity (Wildman–Crippen MR) is 57.5 cm³/mol. The lowest BCUT2D eigenvalue weighted by Crippen LogP contribution is -2.59. The van der Waals surface area contributed by atoms with Crippen molar-refractivity contribution in [2.75, 3.05) is 19.0 Å². The number of amides is 2. The van der Waals surface area contributed by atoms with E-state index in [1.165, 1.54) is 0 Å². The summed E-state index contributed by atoms with van der Waals surface area (Å²) in [7, 11) is -9.08. The summed E-state index contributed by atoms with van der Waals surface area (Å²) >= 11 is 0. The van der Waals surface area contributed by atoms with E-state index in [0.29, 0.717) is 4.90 Å². The number of nitrogens with one attached hydrogen (secondary N) is 1. The highest BCUT2D eigenvalue weighted by molar-refractivity contribution is 7.52. The molecule has 1 atom stereocenters. The molecule has 18 heavy (non-hydrogen) atoms. The zero-order chi connectivity index (χ0) is 14.1. The summed E-state index contributed by atoms with van der Waals surface area (Å²) in [4.78, 5) is 58.3. The number of hydrogen-bond donors (Lipinski definition) is 5. The van der Waals surface area contributed by atoms with Crippen molar-refractivity contribution in [1.82, 2.24) is 10.2 Å². The van der Waals surface area contributed by atoms with Gasteiger partial charge in [-0.25, -0.2) is 0 Å². The Morgan fingerprint density at radius 3 is 2.17 bits per heavy atom. The second-order valence-corrected chi connectivity index (χ2v) is 7.12. The normalized spacial score (nSPS) is 22.0. The zero-order valence-corrected chi connectivity index (χ0v) is 10.8. The lowest BCUT2D eigenvalue weighted by Gasteiger charge is -2.32. The third-order valence-electron chi connectivity index (χ3n) is 2.05. The van der Waals surface area contributed by atoms with Crippen LogP contribution < -0.4 is 5.32 Å². The van der Waals surface area contributed by atoms with Crippen LogP contribution in [0.4, 0.5) is 0 Å². The molecule has 1 fully saturated rings. The Labute approximate surface area is 101 Å². The smallest absolute Gasteiger partial charge is 0.342 e. The highest BCUT2D eigenvalue weighted by Gasteiger charge is 2.38. The van der Waals surface area contributed by atoms with Crippen LogP contribution in [0, 0.1) is 0 Å². The number of nitrogens with zero attached hydrogens (tertiary/aromatic N) is 1. The molecule has 0 bridgehead atoms. The maximum Gasteiger partial charge on any atom is 0.344 e. The second kappa shape index (κ2) is 5.08. The SMILES string of the molecule is O=C1CN(CP(=O)(O)O)C(=O)C(CP(=O)(O)O)N1. The maximum absolute atomic E-state index is 11.7. The molecule has 12 heteroatoms. The molecular weight excluding hydrogens is 290 g/mol. The molecule has 1 unspecified atom stereocenters. The molecule has 0 radical (unpaired) electrons. The third kappa shape index (κ3) is 4.85. The van der Waals surface area contributed by atoms with Gasteiger partial charge in [-0.1, -0.05) is 0 Å². The van der Waals surface area contributed by atoms with Crippen molar-refractivity contribution >= 4 is 27.0 Å². The molecule has 2 amide bonds. The number of rotatable bonds is 4. The largest absolute Gasteiger partial charge is 0.344 e. The molecule has 1 saturated heterocycles. The van der Waals surface area contributed by atoms with Crippen molar-refractivity contribution in [3.8, 4) is 0 Å². The number of hydrogen-bond acceptors (Lipinski definition) is 4. The average Bonchev–Trinajstić information content (AvgIpc) is 2.07. The molecule has 0 spiro atoms. The van der Waals surface area contributed by atoms with Crippen LogP contribution in [0.25, 0.3) is 0 Å². The van der Waals surface area contributed by atoms with E-state index in [9.17, 15) is 18.7 Å². The second-order valence-electron chi connectivity index (χ2n) is 3.81. The summed E-state index contributed by atoms with van der Waals surface area (Å²) in [5.41, 5.74) is 0. The first kappa shape index (κ1) is 15.3. The van der Waals surface area contributed by atoms with Gasteiger partial charge in [-0.15, -0.1) is 0 Å². The summed E-state index contributed by atoms with van der Waals surface area (Å²) in [6.07, 6.45) is -1.87. The van der Waals surface area contributed by atoms with Crippen molar-refractivity contribution in [2.24, 2.45) is 0 Å². The van der Waals surface area contributed by atoms with Crippen LogP contribution in [-0.2, 0) is 18.7 Å². The summed E-state index contributed by atoms with van der Waals surface area (Å²) in [6.45, 7) is -0.554. The van der Waals surface area contributed by atoms with Crippen molar-refractivity contribution in [1.29, 1.82) is 0 Å². The van der Waals surface area contributed by atoms with Gasteiger partial charge in [0, 0.05) is 0 Å². The van der Waals surface area contributed by atoms with Gasteiger partial charge in [-0.05, 0) is 0 Å². The van der Waals surface area contributed by atoms with Gasteiger partial charge in [-0.2, -0.15) is 0 Å². The highest BCUT2D eigenvalue weighted by Crippen LogP contribution is 2.38. The number of carbonyl (C=O) groups is 2. The van der Waals surface area contributed by atoms with Gasteiger partial charge in [0.1, 0.15) is 18.9 Å². The van der Waals surface area contributed by atoms with Gasteiger partial charge >= 0.3 is 15.2 Å². The fraction of sp³-hybridized carbons (Fsp3) is 0.667. The molecule has 1 rings (SSSR count).